The molecule has 141 valence electrons. The molecule has 1 radical (unpaired) electrons. The van der Waals surface area contributed by atoms with E-state index in [4.69, 9.17) is 5.73 Å². The van der Waals surface area contributed by atoms with Gasteiger partial charge in [-0.1, -0.05) is 46.5 Å². The summed E-state index contributed by atoms with van der Waals surface area (Å²) in [4.78, 5) is 13.8. The van der Waals surface area contributed by atoms with Gasteiger partial charge < -0.3 is 11.1 Å². The fourth-order valence-corrected chi connectivity index (χ4v) is 2.04. The minimum Gasteiger partial charge on any atom is -0.694 e. The van der Waals surface area contributed by atoms with Gasteiger partial charge in [0.1, 0.15) is 11.6 Å². The molecule has 7 nitrogen and oxygen atoms in total. The van der Waals surface area contributed by atoms with E-state index in [9.17, 15) is 13.2 Å². The zero-order valence-corrected chi connectivity index (χ0v) is 21.2. The molecule has 2 heterocycles. The number of alkyl halides is 4. The number of rotatable bonds is 3. The van der Waals surface area contributed by atoms with E-state index in [-0.39, 0.29) is 72.9 Å². The molecule has 0 aliphatic rings. The van der Waals surface area contributed by atoms with Crippen LogP contribution >= 0.6 is 22.6 Å². The molecule has 0 saturated carbocycles. The fourth-order valence-electron chi connectivity index (χ4n) is 2.04. The average molecular weight is 703 g/mol. The van der Waals surface area contributed by atoms with Crippen LogP contribution in [-0.2, 0) is 6.18 Å². The number of hydrogen-bond donors (Lipinski definition) is 2. The Balaban J connectivity index is 0.00000118. The Labute approximate surface area is 202 Å². The van der Waals surface area contributed by atoms with E-state index in [0.717, 1.165) is 12.3 Å². The van der Waals surface area contributed by atoms with Crippen molar-refractivity contribution < 1.29 is 57.2 Å². The Bertz CT molecular complexity index is 886. The van der Waals surface area contributed by atoms with Crippen LogP contribution < -0.4 is 5.32 Å². The van der Waals surface area contributed by atoms with Crippen molar-refractivity contribution in [2.45, 2.75) is 13.1 Å². The van der Waals surface area contributed by atoms with Gasteiger partial charge in [0.25, 0.3) is 0 Å². The summed E-state index contributed by atoms with van der Waals surface area (Å²) in [7, 11) is 0. The average Bonchev–Trinajstić information content (AvgIpc) is 3.03. The number of halogens is 4. The zero-order chi connectivity index (χ0) is 19.3. The molecule has 0 aliphatic heterocycles. The number of benzene rings is 1. The quantitative estimate of drug-likeness (QED) is 0.293. The molecule has 0 spiro atoms. The molecule has 0 unspecified atom stereocenters. The van der Waals surface area contributed by atoms with Gasteiger partial charge in [0.2, 0.25) is 5.95 Å². The predicted molar refractivity (Wildman–Crippen MR) is 101 cm³/mol. The van der Waals surface area contributed by atoms with Crippen molar-refractivity contribution in [1.82, 2.24) is 25.1 Å². The molecule has 3 N–H and O–H groups in total. The molecule has 0 amide bonds. The molecule has 3 rings (SSSR count). The van der Waals surface area contributed by atoms with Gasteiger partial charge in [0.05, 0.1) is 5.56 Å². The van der Waals surface area contributed by atoms with E-state index in [1.807, 2.05) is 4.93 Å². The Kier molecular flexibility index (Phi) is 9.37. The Hall–Kier alpha value is -0.998. The normalized spacial score (nSPS) is 10.4. The van der Waals surface area contributed by atoms with Gasteiger partial charge in [-0.25, -0.2) is 9.97 Å². The third-order valence-corrected chi connectivity index (χ3v) is 3.09. The van der Waals surface area contributed by atoms with Crippen LogP contribution in [0.3, 0.4) is 0 Å². The number of aryl methyl sites for hydroxylation is 1. The summed E-state index contributed by atoms with van der Waals surface area (Å²) >= 11 is 2.15. The Morgan fingerprint density at radius 1 is 1.15 bits per heavy atom. The summed E-state index contributed by atoms with van der Waals surface area (Å²) in [6, 6.07) is 5.00. The van der Waals surface area contributed by atoms with Gasteiger partial charge in [-0.15, -0.1) is 5.10 Å². The van der Waals surface area contributed by atoms with Crippen LogP contribution in [0.2, 0.25) is 0 Å². The standard InChI is InChI=1S/C14H11F3N7.CH3I.Ac/c1-7-20-13(24-23-7)22-12-10(18)6-19-11(21-12)8-4-2-3-5-9(8)14(15,16)17;1-2;/h2-6,18H,1H3,(H2,19,20,21,22,23,24);1H3;/q-1;;. The van der Waals surface area contributed by atoms with E-state index < -0.39 is 11.7 Å². The first-order chi connectivity index (χ1) is 12.3. The molecule has 0 aliphatic carbocycles. The first-order valence-electron chi connectivity index (χ1n) is 7.13. The second-order valence-corrected chi connectivity index (χ2v) is 4.87. The molecule has 0 saturated heterocycles. The van der Waals surface area contributed by atoms with Gasteiger partial charge in [-0.05, 0) is 17.9 Å². The van der Waals surface area contributed by atoms with Crippen LogP contribution in [0, 0.1) is 51.0 Å². The largest absolute Gasteiger partial charge is 0.694 e. The smallest absolute Gasteiger partial charge is 0.417 e. The Morgan fingerprint density at radius 3 is 2.41 bits per heavy atom. The summed E-state index contributed by atoms with van der Waals surface area (Å²) in [5, 5.41) is 9.14. The van der Waals surface area contributed by atoms with Crippen LogP contribution in [0.15, 0.2) is 30.5 Å². The minimum atomic E-state index is -4.53. The number of H-pyrrole nitrogens is 1. The summed E-state index contributed by atoms with van der Waals surface area (Å²) in [5.74, 6) is 0.570. The number of nitrogens with one attached hydrogen (secondary N) is 3. The van der Waals surface area contributed by atoms with Gasteiger partial charge >= 0.3 is 6.18 Å². The van der Waals surface area contributed by atoms with Crippen molar-refractivity contribution in [2.24, 2.45) is 0 Å². The van der Waals surface area contributed by atoms with Crippen molar-refractivity contribution in [3.8, 4) is 11.4 Å². The zero-order valence-electron chi connectivity index (χ0n) is 14.3. The number of aromatic nitrogens is 5. The van der Waals surface area contributed by atoms with Crippen LogP contribution in [-0.4, -0.2) is 30.1 Å². The van der Waals surface area contributed by atoms with Crippen molar-refractivity contribution in [3.05, 3.63) is 47.6 Å². The molecule has 0 fully saturated rings. The van der Waals surface area contributed by atoms with E-state index in [0.29, 0.717) is 5.82 Å². The molecular weight excluding hydrogens is 689 g/mol. The topological polar surface area (TPSA) is 103 Å². The van der Waals surface area contributed by atoms with Crippen molar-refractivity contribution in [3.63, 3.8) is 0 Å². The molecule has 1 aromatic carbocycles. The van der Waals surface area contributed by atoms with Crippen LogP contribution in [0.4, 0.5) is 30.6 Å². The maximum absolute atomic E-state index is 13.1. The number of hydrogen-bond acceptors (Lipinski definition) is 5. The third-order valence-electron chi connectivity index (χ3n) is 3.09. The Morgan fingerprint density at radius 2 is 1.81 bits per heavy atom. The van der Waals surface area contributed by atoms with Gasteiger partial charge in [0.15, 0.2) is 5.82 Å². The van der Waals surface area contributed by atoms with Crippen molar-refractivity contribution in [2.75, 3.05) is 10.2 Å². The molecule has 0 atom stereocenters. The summed E-state index contributed by atoms with van der Waals surface area (Å²) in [6.45, 7) is 1.69. The fraction of sp³-hybridized carbons (Fsp3) is 0.200. The van der Waals surface area contributed by atoms with Crippen LogP contribution in [0.1, 0.15) is 11.4 Å². The molecule has 3 aromatic rings. The van der Waals surface area contributed by atoms with E-state index in [1.54, 1.807) is 6.92 Å². The van der Waals surface area contributed by atoms with E-state index in [2.05, 4.69) is 53.1 Å². The SMILES string of the molecule is CI.Cc1nc(Nc2nc(-c3ccccc3C(F)(F)F)ncc2[NH-])n[nH]1.[Ac]. The second kappa shape index (κ2) is 10.5. The molecule has 2 aromatic heterocycles. The molecular formula is C15H14AcF3IN7-. The number of anilines is 2. The number of nitrogens with zero attached hydrogens (tertiary/aromatic N) is 4. The van der Waals surface area contributed by atoms with Gasteiger partial charge in [-0.2, -0.15) is 18.2 Å². The first-order valence-corrected chi connectivity index (χ1v) is 9.29. The van der Waals surface area contributed by atoms with Crippen LogP contribution in [0.5, 0.6) is 0 Å². The second-order valence-electron chi connectivity index (χ2n) is 4.87. The van der Waals surface area contributed by atoms with Gasteiger partial charge in [0, 0.05) is 55.8 Å². The summed E-state index contributed by atoms with van der Waals surface area (Å²) in [5.41, 5.74) is 6.68. The van der Waals surface area contributed by atoms with E-state index >= 15 is 0 Å². The van der Waals surface area contributed by atoms with Crippen LogP contribution in [0.25, 0.3) is 17.1 Å². The molecule has 0 bridgehead atoms. The predicted octanol–water partition coefficient (Wildman–Crippen LogP) is 5.07. The molecule has 27 heavy (non-hydrogen) atoms. The summed E-state index contributed by atoms with van der Waals surface area (Å²) < 4.78 is 39.4. The maximum Gasteiger partial charge on any atom is 0.417 e. The van der Waals surface area contributed by atoms with Crippen molar-refractivity contribution >= 4 is 40.0 Å². The number of aromatic amines is 1. The maximum atomic E-state index is 13.1. The minimum absolute atomic E-state index is 0. The van der Waals surface area contributed by atoms with Gasteiger partial charge in [-0.3, -0.25) is 5.10 Å². The summed E-state index contributed by atoms with van der Waals surface area (Å²) in [6.07, 6.45) is -3.41. The molecule has 12 heteroatoms. The van der Waals surface area contributed by atoms with E-state index in [1.165, 1.54) is 18.2 Å². The first kappa shape index (κ1) is 24.0. The van der Waals surface area contributed by atoms with Crippen molar-refractivity contribution in [1.29, 1.82) is 0 Å². The monoisotopic (exact) mass is 703 g/mol. The third kappa shape index (κ3) is 6.25.